The molecule has 1 N–H and O–H groups in total. The highest BCUT2D eigenvalue weighted by molar-refractivity contribution is 7.81. The van der Waals surface area contributed by atoms with Crippen molar-refractivity contribution in [3.8, 4) is 10.4 Å². The Morgan fingerprint density at radius 3 is 2.52 bits per heavy atom. The van der Waals surface area contributed by atoms with Crippen LogP contribution in [0.25, 0.3) is 20.5 Å². The number of aromatic carboxylic acids is 1. The van der Waals surface area contributed by atoms with E-state index in [0.717, 1.165) is 36.9 Å². The predicted molar refractivity (Wildman–Crippen MR) is 119 cm³/mol. The van der Waals surface area contributed by atoms with E-state index < -0.39 is 17.2 Å². The van der Waals surface area contributed by atoms with Crippen molar-refractivity contribution in [1.82, 2.24) is 0 Å². The zero-order valence-electron chi connectivity index (χ0n) is 14.9. The number of benzene rings is 2. The van der Waals surface area contributed by atoms with Crippen molar-refractivity contribution in [2.24, 2.45) is 0 Å². The van der Waals surface area contributed by atoms with Crippen molar-refractivity contribution >= 4 is 72.3 Å². The number of hydrogen-bond donors (Lipinski definition) is 1. The van der Waals surface area contributed by atoms with Gasteiger partial charge in [-0.1, -0.05) is 41.9 Å². The molecule has 0 amide bonds. The molecule has 2 aromatic heterocycles. The molecule has 1 unspecified atom stereocenters. The quantitative estimate of drug-likeness (QED) is 0.357. The summed E-state index contributed by atoms with van der Waals surface area (Å²) in [5.74, 6) is -1.18. The summed E-state index contributed by atoms with van der Waals surface area (Å²) < 4.78 is 26.4. The van der Waals surface area contributed by atoms with Crippen LogP contribution in [0.15, 0.2) is 54.6 Å². The number of carbonyl (C=O) groups is 1. The van der Waals surface area contributed by atoms with Crippen LogP contribution in [0.3, 0.4) is 0 Å². The topological polar surface area (TPSA) is 80.7 Å². The maximum Gasteiger partial charge on any atom is 0.348 e. The summed E-state index contributed by atoms with van der Waals surface area (Å²) in [6.45, 7) is 1.80. The predicted octanol–water partition coefficient (Wildman–Crippen LogP) is 6.22. The second kappa shape index (κ2) is 7.89. The Morgan fingerprint density at radius 2 is 1.86 bits per heavy atom. The zero-order valence-corrected chi connectivity index (χ0v) is 18.1. The molecular weight excluding hydrogens is 450 g/mol. The van der Waals surface area contributed by atoms with E-state index >= 15 is 0 Å². The number of hydrogen-bond acceptors (Lipinski definition) is 5. The molecule has 0 spiro atoms. The molecule has 148 valence electrons. The Morgan fingerprint density at radius 1 is 1.14 bits per heavy atom. The molecule has 1 atom stereocenters. The lowest BCUT2D eigenvalue weighted by Gasteiger charge is -2.25. The first-order chi connectivity index (χ1) is 13.9. The van der Waals surface area contributed by atoms with Gasteiger partial charge in [0.1, 0.15) is 9.88 Å². The minimum Gasteiger partial charge on any atom is -0.755 e. The summed E-state index contributed by atoms with van der Waals surface area (Å²) in [5.41, 5.74) is 1.67. The molecule has 4 aromatic rings. The minimum atomic E-state index is -2.71. The van der Waals surface area contributed by atoms with Gasteiger partial charge < -0.3 is 9.66 Å². The van der Waals surface area contributed by atoms with Crippen molar-refractivity contribution in [3.05, 3.63) is 70.1 Å². The van der Waals surface area contributed by atoms with E-state index in [1.54, 1.807) is 25.1 Å². The van der Waals surface area contributed by atoms with Gasteiger partial charge in [-0.2, -0.15) is 0 Å². The van der Waals surface area contributed by atoms with E-state index in [1.807, 2.05) is 36.4 Å². The van der Waals surface area contributed by atoms with Crippen molar-refractivity contribution in [3.63, 3.8) is 0 Å². The van der Waals surface area contributed by atoms with Gasteiger partial charge in [0.05, 0.1) is 17.0 Å². The largest absolute Gasteiger partial charge is 0.755 e. The van der Waals surface area contributed by atoms with Crippen LogP contribution >= 0.6 is 34.3 Å². The minimum absolute atomic E-state index is 0.0389. The van der Waals surface area contributed by atoms with Gasteiger partial charge in [0.2, 0.25) is 0 Å². The molecule has 5 nitrogen and oxygen atoms in total. The van der Waals surface area contributed by atoms with Gasteiger partial charge >= 0.3 is 5.97 Å². The third-order valence-corrected chi connectivity index (χ3v) is 7.84. The van der Waals surface area contributed by atoms with Crippen LogP contribution in [-0.2, 0) is 11.3 Å². The van der Waals surface area contributed by atoms with Crippen LogP contribution in [0.1, 0.15) is 15.2 Å². The summed E-state index contributed by atoms with van der Waals surface area (Å²) in [6.07, 6.45) is 0. The van der Waals surface area contributed by atoms with Crippen LogP contribution < -0.4 is 4.31 Å². The Balaban J connectivity index is 1.93. The third-order valence-electron chi connectivity index (χ3n) is 4.39. The smallest absolute Gasteiger partial charge is 0.348 e. The van der Waals surface area contributed by atoms with Crippen molar-refractivity contribution in [2.45, 2.75) is 6.92 Å². The van der Waals surface area contributed by atoms with Gasteiger partial charge in [-0.25, -0.2) is 4.79 Å². The second-order valence-electron chi connectivity index (χ2n) is 6.18. The lowest BCUT2D eigenvalue weighted by atomic mass is 10.1. The molecule has 9 heteroatoms. The van der Waals surface area contributed by atoms with E-state index in [9.17, 15) is 18.7 Å². The second-order valence-corrected chi connectivity index (χ2v) is 9.50. The van der Waals surface area contributed by atoms with Crippen LogP contribution in [0.5, 0.6) is 0 Å². The molecular formula is C20H13ClNO4S3-. The van der Waals surface area contributed by atoms with Crippen LogP contribution in [0.4, 0.5) is 10.7 Å². The number of anilines is 2. The highest BCUT2D eigenvalue weighted by Crippen LogP contribution is 2.46. The SMILES string of the molecule is Cc1c(N(c2cc(-c3ccccc3)sc2C(=O)O)S(=O)[O-])sc2ccc(Cl)cc12. The molecule has 0 fully saturated rings. The number of halogens is 1. The van der Waals surface area contributed by atoms with Crippen LogP contribution in [0, 0.1) is 6.92 Å². The number of fused-ring (bicyclic) bond motifs is 1. The fourth-order valence-corrected chi connectivity index (χ4v) is 6.26. The normalized spacial score (nSPS) is 12.2. The summed E-state index contributed by atoms with van der Waals surface area (Å²) in [7, 11) is 0. The van der Waals surface area contributed by atoms with E-state index in [2.05, 4.69) is 0 Å². The van der Waals surface area contributed by atoms with E-state index in [0.29, 0.717) is 14.9 Å². The molecule has 29 heavy (non-hydrogen) atoms. The fraction of sp³-hybridized carbons (Fsp3) is 0.0500. The molecule has 0 aliphatic carbocycles. The van der Waals surface area contributed by atoms with Crippen LogP contribution in [0.2, 0.25) is 5.02 Å². The third kappa shape index (κ3) is 3.70. The average molecular weight is 463 g/mol. The molecule has 0 radical (unpaired) electrons. The summed E-state index contributed by atoms with van der Waals surface area (Å²) >= 11 is 5.70. The maximum absolute atomic E-state index is 12.2. The van der Waals surface area contributed by atoms with Crippen LogP contribution in [-0.4, -0.2) is 19.8 Å². The van der Waals surface area contributed by atoms with Crippen molar-refractivity contribution in [1.29, 1.82) is 0 Å². The molecule has 0 bridgehead atoms. The molecule has 2 heterocycles. The zero-order chi connectivity index (χ0) is 20.7. The summed E-state index contributed by atoms with van der Waals surface area (Å²) in [6, 6.07) is 16.2. The monoisotopic (exact) mass is 462 g/mol. The fourth-order valence-electron chi connectivity index (χ4n) is 3.06. The molecule has 4 rings (SSSR count). The van der Waals surface area contributed by atoms with Gasteiger partial charge in [0.15, 0.2) is 0 Å². The van der Waals surface area contributed by atoms with Gasteiger partial charge in [-0.05, 0) is 47.7 Å². The Kier molecular flexibility index (Phi) is 5.46. The standard InChI is InChI=1S/C20H14ClNO4S3/c1-11-14-9-13(21)7-8-16(14)28-19(11)22(29(25)26)15-10-17(27-18(15)20(23)24)12-5-3-2-4-6-12/h2-10H,1H3,(H,23,24)(H,25,26)/p-1. The highest BCUT2D eigenvalue weighted by atomic mass is 35.5. The Hall–Kier alpha value is -2.23. The molecule has 0 aliphatic rings. The Labute approximate surface area is 182 Å². The van der Waals surface area contributed by atoms with Gasteiger partial charge in [-0.15, -0.1) is 22.7 Å². The highest BCUT2D eigenvalue weighted by Gasteiger charge is 2.26. The summed E-state index contributed by atoms with van der Waals surface area (Å²) in [4.78, 5) is 12.5. The summed E-state index contributed by atoms with van der Waals surface area (Å²) in [5, 5.41) is 11.5. The lowest BCUT2D eigenvalue weighted by molar-refractivity contribution is 0.0703. The van der Waals surface area contributed by atoms with Gasteiger partial charge in [0, 0.05) is 14.6 Å². The van der Waals surface area contributed by atoms with Gasteiger partial charge in [0.25, 0.3) is 0 Å². The van der Waals surface area contributed by atoms with E-state index in [-0.39, 0.29) is 10.6 Å². The number of aryl methyl sites for hydroxylation is 1. The first kappa shape index (κ1) is 20.1. The number of carboxylic acid groups (broad SMARTS) is 1. The Bertz CT molecular complexity index is 1250. The van der Waals surface area contributed by atoms with Crippen molar-refractivity contribution < 1.29 is 18.7 Å². The van der Waals surface area contributed by atoms with E-state index in [1.165, 1.54) is 11.3 Å². The average Bonchev–Trinajstić information content (AvgIpc) is 3.26. The number of rotatable bonds is 5. The molecule has 2 aromatic carbocycles. The maximum atomic E-state index is 12.2. The first-order valence-electron chi connectivity index (χ1n) is 8.37. The number of thiophene rings is 2. The van der Waals surface area contributed by atoms with Crippen molar-refractivity contribution in [2.75, 3.05) is 4.31 Å². The van der Waals surface area contributed by atoms with E-state index in [4.69, 9.17) is 11.6 Å². The first-order valence-corrected chi connectivity index (χ1v) is 11.4. The number of nitrogens with zero attached hydrogens (tertiary/aromatic N) is 1. The molecule has 0 saturated heterocycles. The van der Waals surface area contributed by atoms with Gasteiger partial charge in [-0.3, -0.25) is 8.51 Å². The molecule has 0 aliphatic heterocycles. The molecule has 0 saturated carbocycles. The number of carboxylic acids is 1. The lowest BCUT2D eigenvalue weighted by Crippen LogP contribution is -2.20.